The first-order valence-corrected chi connectivity index (χ1v) is 9.83. The monoisotopic (exact) mass is 361 g/mol. The highest BCUT2D eigenvalue weighted by Crippen LogP contribution is 2.35. The van der Waals surface area contributed by atoms with Crippen LogP contribution in [0.5, 0.6) is 5.88 Å². The van der Waals surface area contributed by atoms with Gasteiger partial charge in [-0.15, -0.1) is 5.10 Å². The average Bonchev–Trinajstić information content (AvgIpc) is 3.27. The number of piperidine rings is 1. The van der Waals surface area contributed by atoms with Crippen LogP contribution in [0.1, 0.15) is 49.7 Å². The number of hydrogen-bond acceptors (Lipinski definition) is 5. The van der Waals surface area contributed by atoms with E-state index in [1.807, 2.05) is 19.1 Å². The summed E-state index contributed by atoms with van der Waals surface area (Å²) in [7, 11) is 0. The van der Waals surface area contributed by atoms with Crippen molar-refractivity contribution >= 4 is 16.3 Å². The molecule has 0 spiro atoms. The Labute approximate surface area is 151 Å². The summed E-state index contributed by atoms with van der Waals surface area (Å²) >= 11 is 1.52. The number of fused-ring (bicyclic) bond motifs is 1. The van der Waals surface area contributed by atoms with Gasteiger partial charge in [0.2, 0.25) is 10.8 Å². The SMILES string of the molecule is CCc1nc2sc([C@@H](c3ccco3)[NH+]3C[C@H](C)C[C@H](C)C3)c(O)n2n1. The standard InChI is InChI=1S/C18H24N4O2S/c1-4-14-19-18-22(20-14)17(23)16(25-18)15(13-6-5-7-24-13)21-9-11(2)8-12(3)10-21/h5-7,11-12,15,23H,4,8-10H2,1-3H3/p+1/t11-,12+,15-/m1/s1. The van der Waals surface area contributed by atoms with Crippen LogP contribution in [0.15, 0.2) is 22.8 Å². The maximum atomic E-state index is 10.8. The Morgan fingerprint density at radius 2 is 2.16 bits per heavy atom. The Hall–Kier alpha value is -1.86. The second kappa shape index (κ2) is 6.46. The van der Waals surface area contributed by atoms with Crippen molar-refractivity contribution in [3.63, 3.8) is 0 Å². The van der Waals surface area contributed by atoms with Gasteiger partial charge in [-0.3, -0.25) is 0 Å². The maximum absolute atomic E-state index is 10.8. The van der Waals surface area contributed by atoms with Crippen LogP contribution in [-0.2, 0) is 6.42 Å². The molecule has 1 fully saturated rings. The van der Waals surface area contributed by atoms with Crippen LogP contribution in [0.4, 0.5) is 0 Å². The molecule has 0 saturated carbocycles. The smallest absolute Gasteiger partial charge is 0.235 e. The van der Waals surface area contributed by atoms with Crippen LogP contribution in [0, 0.1) is 11.8 Å². The van der Waals surface area contributed by atoms with Crippen LogP contribution in [-0.4, -0.2) is 32.8 Å². The highest BCUT2D eigenvalue weighted by Gasteiger charge is 2.38. The van der Waals surface area contributed by atoms with Crippen molar-refractivity contribution in [2.75, 3.05) is 13.1 Å². The van der Waals surface area contributed by atoms with Crippen LogP contribution < -0.4 is 4.90 Å². The van der Waals surface area contributed by atoms with E-state index >= 15 is 0 Å². The number of nitrogens with one attached hydrogen (secondary N) is 1. The minimum absolute atomic E-state index is 0.0150. The number of quaternary nitrogens is 1. The predicted molar refractivity (Wildman–Crippen MR) is 96.1 cm³/mol. The fourth-order valence-electron chi connectivity index (χ4n) is 4.17. The van der Waals surface area contributed by atoms with Gasteiger partial charge >= 0.3 is 0 Å². The number of aromatic nitrogens is 3. The second-order valence-electron chi connectivity index (χ2n) is 7.33. The van der Waals surface area contributed by atoms with Crippen LogP contribution in [0.2, 0.25) is 0 Å². The molecule has 1 saturated heterocycles. The van der Waals surface area contributed by atoms with Gasteiger partial charge in [-0.25, -0.2) is 4.98 Å². The number of furan rings is 1. The van der Waals surface area contributed by atoms with Crippen LogP contribution >= 0.6 is 11.3 Å². The third kappa shape index (κ3) is 2.95. The number of aryl methyl sites for hydroxylation is 1. The molecule has 0 radical (unpaired) electrons. The molecule has 7 heteroatoms. The first-order valence-electron chi connectivity index (χ1n) is 9.02. The zero-order chi connectivity index (χ0) is 17.6. The lowest BCUT2D eigenvalue weighted by Crippen LogP contribution is -3.14. The molecule has 6 nitrogen and oxygen atoms in total. The van der Waals surface area contributed by atoms with Gasteiger partial charge in [-0.1, -0.05) is 32.1 Å². The Balaban J connectivity index is 1.78. The van der Waals surface area contributed by atoms with Crippen molar-refractivity contribution in [3.05, 3.63) is 34.9 Å². The second-order valence-corrected chi connectivity index (χ2v) is 8.34. The highest BCUT2D eigenvalue weighted by molar-refractivity contribution is 7.17. The summed E-state index contributed by atoms with van der Waals surface area (Å²) < 4.78 is 7.35. The van der Waals surface area contributed by atoms with Crippen molar-refractivity contribution in [3.8, 4) is 5.88 Å². The van der Waals surface area contributed by atoms with Crippen molar-refractivity contribution in [2.24, 2.45) is 11.8 Å². The molecule has 0 aliphatic carbocycles. The summed E-state index contributed by atoms with van der Waals surface area (Å²) in [4.78, 5) is 7.60. The van der Waals surface area contributed by atoms with E-state index in [0.717, 1.165) is 40.9 Å². The molecule has 4 heterocycles. The molecule has 134 valence electrons. The molecule has 4 rings (SSSR count). The lowest BCUT2D eigenvalue weighted by Gasteiger charge is -2.35. The Morgan fingerprint density at radius 1 is 1.40 bits per heavy atom. The first kappa shape index (κ1) is 16.6. The third-order valence-corrected chi connectivity index (χ3v) is 6.17. The van der Waals surface area contributed by atoms with Gasteiger partial charge in [0.1, 0.15) is 4.88 Å². The molecule has 1 unspecified atom stereocenters. The number of rotatable bonds is 4. The minimum atomic E-state index is -0.0150. The quantitative estimate of drug-likeness (QED) is 0.748. The Kier molecular flexibility index (Phi) is 4.29. The van der Waals surface area contributed by atoms with Crippen LogP contribution in [0.3, 0.4) is 0 Å². The molecule has 0 aromatic carbocycles. The molecule has 1 aliphatic rings. The number of aromatic hydroxyl groups is 1. The molecule has 4 atom stereocenters. The number of thiazole rings is 1. The summed E-state index contributed by atoms with van der Waals surface area (Å²) in [5.41, 5.74) is 0. The van der Waals surface area contributed by atoms with E-state index in [9.17, 15) is 5.11 Å². The van der Waals surface area contributed by atoms with Crippen molar-refractivity contribution in [2.45, 2.75) is 39.7 Å². The molecule has 1 aliphatic heterocycles. The maximum Gasteiger partial charge on any atom is 0.235 e. The number of hydrogen-bond donors (Lipinski definition) is 2. The van der Waals surface area contributed by atoms with Crippen molar-refractivity contribution in [1.29, 1.82) is 0 Å². The average molecular weight is 361 g/mol. The van der Waals surface area contributed by atoms with Gasteiger partial charge in [0.05, 0.1) is 19.4 Å². The predicted octanol–water partition coefficient (Wildman–Crippen LogP) is 2.30. The molecular formula is C18H25N4O2S+. The molecule has 25 heavy (non-hydrogen) atoms. The fraction of sp³-hybridized carbons (Fsp3) is 0.556. The lowest BCUT2D eigenvalue weighted by molar-refractivity contribution is -0.937. The summed E-state index contributed by atoms with van der Waals surface area (Å²) in [5, 5.41) is 15.3. The van der Waals surface area contributed by atoms with E-state index in [1.165, 1.54) is 22.7 Å². The van der Waals surface area contributed by atoms with E-state index in [0.29, 0.717) is 11.8 Å². The Bertz CT molecular complexity index is 844. The van der Waals surface area contributed by atoms with E-state index in [2.05, 4.69) is 23.9 Å². The van der Waals surface area contributed by atoms with E-state index in [4.69, 9.17) is 4.42 Å². The van der Waals surface area contributed by atoms with Gasteiger partial charge in [-0.2, -0.15) is 4.52 Å². The molecule has 2 N–H and O–H groups in total. The van der Waals surface area contributed by atoms with Gasteiger partial charge in [0.15, 0.2) is 17.6 Å². The van der Waals surface area contributed by atoms with Crippen molar-refractivity contribution in [1.82, 2.24) is 14.6 Å². The van der Waals surface area contributed by atoms with Gasteiger partial charge in [-0.05, 0) is 18.6 Å². The zero-order valence-corrected chi connectivity index (χ0v) is 15.7. The largest absolute Gasteiger partial charge is 0.492 e. The van der Waals surface area contributed by atoms with Crippen LogP contribution in [0.25, 0.3) is 4.96 Å². The Morgan fingerprint density at radius 3 is 2.76 bits per heavy atom. The summed E-state index contributed by atoms with van der Waals surface area (Å²) in [6.45, 7) is 8.78. The fourth-order valence-corrected chi connectivity index (χ4v) is 5.31. The van der Waals surface area contributed by atoms with Crippen molar-refractivity contribution < 1.29 is 14.4 Å². The molecular weight excluding hydrogens is 336 g/mol. The van der Waals surface area contributed by atoms with Gasteiger partial charge in [0, 0.05) is 18.3 Å². The lowest BCUT2D eigenvalue weighted by atomic mass is 9.90. The zero-order valence-electron chi connectivity index (χ0n) is 14.9. The van der Waals surface area contributed by atoms with E-state index in [1.54, 1.807) is 10.8 Å². The highest BCUT2D eigenvalue weighted by atomic mass is 32.1. The summed E-state index contributed by atoms with van der Waals surface area (Å²) in [5.74, 6) is 3.17. The van der Waals surface area contributed by atoms with Gasteiger partial charge in [0.25, 0.3) is 0 Å². The summed E-state index contributed by atoms with van der Waals surface area (Å²) in [6, 6.07) is 3.91. The first-order chi connectivity index (χ1) is 12.1. The molecule has 0 amide bonds. The normalized spacial score (nSPS) is 25.5. The molecule has 3 aromatic heterocycles. The van der Waals surface area contributed by atoms with E-state index in [-0.39, 0.29) is 11.9 Å². The summed E-state index contributed by atoms with van der Waals surface area (Å²) in [6.07, 6.45) is 3.73. The topological polar surface area (TPSA) is 68.0 Å². The number of nitrogens with zero attached hydrogens (tertiary/aromatic N) is 3. The third-order valence-electron chi connectivity index (χ3n) is 5.08. The van der Waals surface area contributed by atoms with Gasteiger partial charge < -0.3 is 14.4 Å². The minimum Gasteiger partial charge on any atom is -0.492 e. The van der Waals surface area contributed by atoms with E-state index < -0.39 is 0 Å². The molecule has 3 aromatic rings. The number of likely N-dealkylation sites (tertiary alicyclic amines) is 1. The molecule has 0 bridgehead atoms.